The predicted molar refractivity (Wildman–Crippen MR) is 71.5 cm³/mol. The third-order valence-electron chi connectivity index (χ3n) is 2.73. The number of phenolic OH excluding ortho intramolecular Hbond substituents is 1. The SMILES string of the molecule is Cc1cccc(O)c1.c1ccc2c(c1)CCN2. The van der Waals surface area contributed by atoms with Crippen LogP contribution in [-0.2, 0) is 6.42 Å². The number of anilines is 1. The first-order valence-corrected chi connectivity index (χ1v) is 5.83. The summed E-state index contributed by atoms with van der Waals surface area (Å²) in [5, 5.41) is 12.1. The van der Waals surface area contributed by atoms with Crippen LogP contribution in [0.5, 0.6) is 5.75 Å². The highest BCUT2D eigenvalue weighted by Gasteiger charge is 2.05. The molecule has 2 aromatic rings. The van der Waals surface area contributed by atoms with E-state index in [-0.39, 0.29) is 0 Å². The maximum atomic E-state index is 8.81. The van der Waals surface area contributed by atoms with Gasteiger partial charge in [-0.1, -0.05) is 30.3 Å². The molecular formula is C15H17NO. The van der Waals surface area contributed by atoms with Crippen molar-refractivity contribution >= 4 is 5.69 Å². The molecule has 2 N–H and O–H groups in total. The highest BCUT2D eigenvalue weighted by molar-refractivity contribution is 5.54. The fourth-order valence-electron chi connectivity index (χ4n) is 1.87. The molecule has 1 heterocycles. The Kier molecular flexibility index (Phi) is 3.66. The Labute approximate surface area is 102 Å². The maximum Gasteiger partial charge on any atom is 0.115 e. The molecule has 17 heavy (non-hydrogen) atoms. The van der Waals surface area contributed by atoms with Crippen LogP contribution in [0.4, 0.5) is 5.69 Å². The van der Waals surface area contributed by atoms with E-state index in [2.05, 4.69) is 29.6 Å². The second-order valence-electron chi connectivity index (χ2n) is 4.17. The normalized spacial score (nSPS) is 12.1. The zero-order chi connectivity index (χ0) is 12.1. The zero-order valence-corrected chi connectivity index (χ0v) is 9.98. The van der Waals surface area contributed by atoms with Crippen molar-refractivity contribution in [3.63, 3.8) is 0 Å². The summed E-state index contributed by atoms with van der Waals surface area (Å²) in [6.45, 7) is 3.05. The molecule has 0 atom stereocenters. The Bertz CT molecular complexity index is 454. The van der Waals surface area contributed by atoms with Gasteiger partial charge in [-0.3, -0.25) is 0 Å². The van der Waals surface area contributed by atoms with Crippen molar-refractivity contribution in [1.29, 1.82) is 0 Å². The van der Waals surface area contributed by atoms with Crippen molar-refractivity contribution in [2.75, 3.05) is 11.9 Å². The van der Waals surface area contributed by atoms with Gasteiger partial charge >= 0.3 is 0 Å². The molecule has 3 rings (SSSR count). The first kappa shape index (κ1) is 11.5. The summed E-state index contributed by atoms with van der Waals surface area (Å²) in [7, 11) is 0. The molecule has 0 saturated carbocycles. The molecule has 0 fully saturated rings. The van der Waals surface area contributed by atoms with E-state index in [0.29, 0.717) is 5.75 Å². The highest BCUT2D eigenvalue weighted by atomic mass is 16.3. The summed E-state index contributed by atoms with van der Waals surface area (Å²) in [5.41, 5.74) is 3.86. The van der Waals surface area contributed by atoms with E-state index < -0.39 is 0 Å². The van der Waals surface area contributed by atoms with Gasteiger partial charge in [-0.2, -0.15) is 0 Å². The molecule has 0 radical (unpaired) electrons. The molecule has 1 aliphatic heterocycles. The lowest BCUT2D eigenvalue weighted by molar-refractivity contribution is 0.475. The molecule has 0 bridgehead atoms. The minimum Gasteiger partial charge on any atom is -0.508 e. The fourth-order valence-corrected chi connectivity index (χ4v) is 1.87. The van der Waals surface area contributed by atoms with Crippen LogP contribution in [0, 0.1) is 6.92 Å². The fraction of sp³-hybridized carbons (Fsp3) is 0.200. The van der Waals surface area contributed by atoms with Crippen molar-refractivity contribution in [3.05, 3.63) is 59.7 Å². The number of rotatable bonds is 0. The lowest BCUT2D eigenvalue weighted by Crippen LogP contribution is -1.90. The summed E-state index contributed by atoms with van der Waals surface area (Å²) in [4.78, 5) is 0. The molecule has 2 heteroatoms. The Morgan fingerprint density at radius 3 is 2.53 bits per heavy atom. The van der Waals surface area contributed by atoms with Gasteiger partial charge in [0.15, 0.2) is 0 Å². The van der Waals surface area contributed by atoms with Gasteiger partial charge in [0.25, 0.3) is 0 Å². The minimum atomic E-state index is 0.338. The zero-order valence-electron chi connectivity index (χ0n) is 9.98. The van der Waals surface area contributed by atoms with Crippen LogP contribution in [0.2, 0.25) is 0 Å². The summed E-state index contributed by atoms with van der Waals surface area (Å²) in [6, 6.07) is 15.6. The number of fused-ring (bicyclic) bond motifs is 1. The topological polar surface area (TPSA) is 32.3 Å². The number of aromatic hydroxyl groups is 1. The average Bonchev–Trinajstić information content (AvgIpc) is 2.77. The van der Waals surface area contributed by atoms with E-state index in [4.69, 9.17) is 5.11 Å². The lowest BCUT2D eigenvalue weighted by Gasteiger charge is -1.94. The Hall–Kier alpha value is -1.96. The Balaban J connectivity index is 0.000000128. The van der Waals surface area contributed by atoms with E-state index in [1.165, 1.54) is 17.7 Å². The second-order valence-corrected chi connectivity index (χ2v) is 4.17. The summed E-state index contributed by atoms with van der Waals surface area (Å²) < 4.78 is 0. The van der Waals surface area contributed by atoms with Crippen molar-refractivity contribution in [3.8, 4) is 5.75 Å². The van der Waals surface area contributed by atoms with E-state index in [9.17, 15) is 0 Å². The highest BCUT2D eigenvalue weighted by Crippen LogP contribution is 2.19. The molecular weight excluding hydrogens is 210 g/mol. The van der Waals surface area contributed by atoms with Crippen LogP contribution in [-0.4, -0.2) is 11.7 Å². The van der Waals surface area contributed by atoms with E-state index in [1.807, 2.05) is 19.1 Å². The van der Waals surface area contributed by atoms with Crippen molar-refractivity contribution < 1.29 is 5.11 Å². The van der Waals surface area contributed by atoms with Crippen molar-refractivity contribution in [2.24, 2.45) is 0 Å². The van der Waals surface area contributed by atoms with Gasteiger partial charge in [-0.25, -0.2) is 0 Å². The summed E-state index contributed by atoms with van der Waals surface area (Å²) >= 11 is 0. The second kappa shape index (κ2) is 5.39. The molecule has 0 aliphatic carbocycles. The van der Waals surface area contributed by atoms with Crippen molar-refractivity contribution in [1.82, 2.24) is 0 Å². The van der Waals surface area contributed by atoms with Gasteiger partial charge in [0, 0.05) is 12.2 Å². The predicted octanol–water partition coefficient (Wildman–Crippen LogP) is 3.36. The molecule has 0 aromatic heterocycles. The third kappa shape index (κ3) is 3.25. The quantitative estimate of drug-likeness (QED) is 0.723. The average molecular weight is 227 g/mol. The first-order chi connectivity index (χ1) is 8.25. The van der Waals surface area contributed by atoms with Gasteiger partial charge in [-0.05, 0) is 42.7 Å². The lowest BCUT2D eigenvalue weighted by atomic mass is 10.2. The molecule has 88 valence electrons. The number of aryl methyl sites for hydroxylation is 1. The Morgan fingerprint density at radius 1 is 1.06 bits per heavy atom. The van der Waals surface area contributed by atoms with Crippen molar-refractivity contribution in [2.45, 2.75) is 13.3 Å². The molecule has 0 spiro atoms. The van der Waals surface area contributed by atoms with Crippen LogP contribution in [0.3, 0.4) is 0 Å². The standard InChI is InChI=1S/C8H9N.C7H8O/c1-2-4-8-7(3-1)5-6-9-8;1-6-3-2-4-7(8)5-6/h1-4,9H,5-6H2;2-5,8H,1H3. The molecule has 0 amide bonds. The van der Waals surface area contributed by atoms with Gasteiger partial charge in [0.05, 0.1) is 0 Å². The number of hydrogen-bond donors (Lipinski definition) is 2. The van der Waals surface area contributed by atoms with E-state index in [0.717, 1.165) is 12.1 Å². The van der Waals surface area contributed by atoms with E-state index in [1.54, 1.807) is 12.1 Å². The summed E-state index contributed by atoms with van der Waals surface area (Å²) in [5.74, 6) is 0.338. The molecule has 2 aromatic carbocycles. The maximum absolute atomic E-state index is 8.81. The first-order valence-electron chi connectivity index (χ1n) is 5.83. The molecule has 0 unspecified atom stereocenters. The van der Waals surface area contributed by atoms with Gasteiger partial charge in [0.2, 0.25) is 0 Å². The van der Waals surface area contributed by atoms with Crippen LogP contribution < -0.4 is 5.32 Å². The monoisotopic (exact) mass is 227 g/mol. The van der Waals surface area contributed by atoms with E-state index >= 15 is 0 Å². The largest absolute Gasteiger partial charge is 0.508 e. The van der Waals surface area contributed by atoms with Crippen LogP contribution in [0.25, 0.3) is 0 Å². The number of phenols is 1. The molecule has 2 nitrogen and oxygen atoms in total. The number of nitrogens with one attached hydrogen (secondary N) is 1. The molecule has 0 saturated heterocycles. The van der Waals surface area contributed by atoms with Gasteiger partial charge in [-0.15, -0.1) is 0 Å². The minimum absolute atomic E-state index is 0.338. The number of para-hydroxylation sites is 1. The molecule has 1 aliphatic rings. The van der Waals surface area contributed by atoms with Crippen LogP contribution in [0.1, 0.15) is 11.1 Å². The summed E-state index contributed by atoms with van der Waals surface area (Å²) in [6.07, 6.45) is 1.19. The number of hydrogen-bond acceptors (Lipinski definition) is 2. The van der Waals surface area contributed by atoms with Gasteiger partial charge in [0.1, 0.15) is 5.75 Å². The smallest absolute Gasteiger partial charge is 0.115 e. The van der Waals surface area contributed by atoms with Gasteiger partial charge < -0.3 is 10.4 Å². The Morgan fingerprint density at radius 2 is 1.88 bits per heavy atom. The number of benzene rings is 2. The van der Waals surface area contributed by atoms with Crippen LogP contribution in [0.15, 0.2) is 48.5 Å². The van der Waals surface area contributed by atoms with Crippen LogP contribution >= 0.6 is 0 Å². The third-order valence-corrected chi connectivity index (χ3v) is 2.73.